The topological polar surface area (TPSA) is 57.6 Å². The molecule has 56 valence electrons. The van der Waals surface area contributed by atoms with E-state index in [4.69, 9.17) is 0 Å². The van der Waals surface area contributed by atoms with Crippen molar-refractivity contribution < 1.29 is 4.85 Å². The van der Waals surface area contributed by atoms with E-state index in [0.29, 0.717) is 16.4 Å². The fourth-order valence-corrected chi connectivity index (χ4v) is 0.991. The fourth-order valence-electron chi connectivity index (χ4n) is 0.991. The fraction of sp³-hybridized carbons (Fsp3) is 0.167. The molecule has 0 atom stereocenters. The molecule has 0 unspecified atom stereocenters. The molecule has 2 rings (SSSR count). The van der Waals surface area contributed by atoms with E-state index in [-0.39, 0.29) is 0 Å². The third kappa shape index (κ3) is 0.739. The number of fused-ring (bicyclic) bond motifs is 1. The summed E-state index contributed by atoms with van der Waals surface area (Å²) in [6.07, 6.45) is 1.82. The molecular formula is C6H6N4O. The summed E-state index contributed by atoms with van der Waals surface area (Å²) in [7, 11) is 1.82. The zero-order valence-corrected chi connectivity index (χ0v) is 5.93. The number of hydrogen-bond acceptors (Lipinski definition) is 3. The second-order valence-electron chi connectivity index (χ2n) is 2.29. The third-order valence-corrected chi connectivity index (χ3v) is 1.55. The van der Waals surface area contributed by atoms with Crippen LogP contribution in [0.5, 0.6) is 0 Å². The molecule has 11 heavy (non-hydrogen) atoms. The lowest BCUT2D eigenvalue weighted by molar-refractivity contribution is -0.657. The molecule has 0 N–H and O–H groups in total. The summed E-state index contributed by atoms with van der Waals surface area (Å²) in [5.74, 6) is 0.600. The zero-order chi connectivity index (χ0) is 7.84. The lowest BCUT2D eigenvalue weighted by atomic mass is 10.3. The highest BCUT2D eigenvalue weighted by atomic mass is 16.5. The maximum atomic E-state index is 10.9. The maximum Gasteiger partial charge on any atom is 0.325 e. The largest absolute Gasteiger partial charge is 0.690 e. The molecule has 0 aromatic carbocycles. The van der Waals surface area contributed by atoms with Crippen molar-refractivity contribution >= 4 is 0 Å². The molecule has 2 aliphatic heterocycles. The second kappa shape index (κ2) is 1.91. The van der Waals surface area contributed by atoms with Crippen LogP contribution in [-0.2, 0) is 7.05 Å². The van der Waals surface area contributed by atoms with Crippen molar-refractivity contribution in [3.63, 3.8) is 0 Å². The maximum absolute atomic E-state index is 10.9. The average Bonchev–Trinajstić information content (AvgIpc) is 2.35. The van der Waals surface area contributed by atoms with Crippen LogP contribution in [0.4, 0.5) is 0 Å². The molecule has 0 aromatic rings. The molecule has 0 fully saturated rings. The zero-order valence-electron chi connectivity index (χ0n) is 5.93. The number of aryl methyl sites for hydroxylation is 1. The normalized spacial score (nSPS) is 10.6. The Bertz CT molecular complexity index is 356. The first-order chi connectivity index (χ1) is 5.29. The van der Waals surface area contributed by atoms with Crippen LogP contribution in [0, 0.1) is 5.21 Å². The molecule has 0 spiro atoms. The van der Waals surface area contributed by atoms with Gasteiger partial charge in [-0.2, -0.15) is 0 Å². The van der Waals surface area contributed by atoms with Gasteiger partial charge in [-0.15, -0.1) is 4.85 Å². The van der Waals surface area contributed by atoms with Crippen LogP contribution < -0.4 is 4.85 Å². The Labute approximate surface area is 62.8 Å². The van der Waals surface area contributed by atoms with Crippen LogP contribution >= 0.6 is 0 Å². The van der Waals surface area contributed by atoms with Gasteiger partial charge in [0.25, 0.3) is 0 Å². The van der Waals surface area contributed by atoms with Crippen molar-refractivity contribution in [3.8, 4) is 11.5 Å². The molecule has 0 aliphatic carbocycles. The van der Waals surface area contributed by atoms with Crippen LogP contribution in [-0.4, -0.2) is 14.9 Å². The molecule has 0 bridgehead atoms. The quantitative estimate of drug-likeness (QED) is 0.377. The number of hydrogen-bond donors (Lipinski definition) is 0. The van der Waals surface area contributed by atoms with Gasteiger partial charge < -0.3 is 9.77 Å². The molecular weight excluding hydrogens is 144 g/mol. The van der Waals surface area contributed by atoms with E-state index in [1.165, 1.54) is 0 Å². The Hall–Kier alpha value is -1.65. The predicted molar refractivity (Wildman–Crippen MR) is 36.6 cm³/mol. The molecule has 5 nitrogen and oxygen atoms in total. The summed E-state index contributed by atoms with van der Waals surface area (Å²) in [6.45, 7) is 0. The summed E-state index contributed by atoms with van der Waals surface area (Å²) in [5, 5.41) is 17.9. The highest BCUT2D eigenvalue weighted by molar-refractivity contribution is 5.45. The van der Waals surface area contributed by atoms with Gasteiger partial charge in [0, 0.05) is 13.2 Å². The molecule has 2 aliphatic rings. The Morgan fingerprint density at radius 1 is 1.64 bits per heavy atom. The van der Waals surface area contributed by atoms with E-state index in [0.717, 1.165) is 0 Å². The average molecular weight is 150 g/mol. The van der Waals surface area contributed by atoms with Crippen molar-refractivity contribution in [1.82, 2.24) is 14.9 Å². The Balaban J connectivity index is 2.79. The van der Waals surface area contributed by atoms with E-state index in [1.807, 2.05) is 13.2 Å². The molecule has 0 radical (unpaired) electrons. The van der Waals surface area contributed by atoms with Gasteiger partial charge in [-0.3, -0.25) is 0 Å². The Morgan fingerprint density at radius 3 is 3.18 bits per heavy atom. The minimum atomic E-state index is 0.495. The SMILES string of the molecule is Cn1cccc2[n+]([O-])nnc1-2. The standard InChI is InChI=1S/C6H6N4O/c1-9-4-2-3-5-6(9)7-8-10(5)11/h2-4H,1H3. The van der Waals surface area contributed by atoms with Crippen molar-refractivity contribution in [3.05, 3.63) is 23.5 Å². The monoisotopic (exact) mass is 150 g/mol. The predicted octanol–water partition coefficient (Wildman–Crippen LogP) is -0.447. The van der Waals surface area contributed by atoms with E-state index in [1.54, 1.807) is 16.7 Å². The summed E-state index contributed by atoms with van der Waals surface area (Å²) >= 11 is 0. The van der Waals surface area contributed by atoms with Crippen LogP contribution in [0.25, 0.3) is 11.5 Å². The van der Waals surface area contributed by atoms with Crippen LogP contribution in [0.1, 0.15) is 0 Å². The summed E-state index contributed by atoms with van der Waals surface area (Å²) < 4.78 is 1.75. The van der Waals surface area contributed by atoms with Gasteiger partial charge in [0.1, 0.15) is 5.21 Å². The minimum Gasteiger partial charge on any atom is -0.690 e. The van der Waals surface area contributed by atoms with Crippen LogP contribution in [0.3, 0.4) is 0 Å². The van der Waals surface area contributed by atoms with Gasteiger partial charge >= 0.3 is 5.82 Å². The van der Waals surface area contributed by atoms with E-state index in [2.05, 4.69) is 10.3 Å². The van der Waals surface area contributed by atoms with Gasteiger partial charge in [-0.25, -0.2) is 0 Å². The van der Waals surface area contributed by atoms with Crippen molar-refractivity contribution in [2.45, 2.75) is 0 Å². The summed E-state index contributed by atoms with van der Waals surface area (Å²) in [5.41, 5.74) is 0.495. The molecule has 2 heterocycles. The lowest BCUT2D eigenvalue weighted by Gasteiger charge is -1.98. The lowest BCUT2D eigenvalue weighted by Crippen LogP contribution is -2.29. The molecule has 5 heteroatoms. The highest BCUT2D eigenvalue weighted by Crippen LogP contribution is 2.10. The van der Waals surface area contributed by atoms with E-state index >= 15 is 0 Å². The number of pyridine rings is 1. The van der Waals surface area contributed by atoms with Gasteiger partial charge in [-0.1, -0.05) is 0 Å². The highest BCUT2D eigenvalue weighted by Gasteiger charge is 2.18. The first kappa shape index (κ1) is 6.09. The second-order valence-corrected chi connectivity index (χ2v) is 2.29. The molecule has 0 saturated carbocycles. The van der Waals surface area contributed by atoms with Gasteiger partial charge in [0.2, 0.25) is 5.69 Å². The molecule has 0 aromatic heterocycles. The minimum absolute atomic E-state index is 0.495. The van der Waals surface area contributed by atoms with Gasteiger partial charge in [-0.05, 0) is 12.1 Å². The summed E-state index contributed by atoms with van der Waals surface area (Å²) in [6, 6.07) is 3.46. The number of aromatic nitrogens is 4. The van der Waals surface area contributed by atoms with Crippen molar-refractivity contribution in [2.75, 3.05) is 0 Å². The first-order valence-corrected chi connectivity index (χ1v) is 3.16. The van der Waals surface area contributed by atoms with Crippen LogP contribution in [0.2, 0.25) is 0 Å². The van der Waals surface area contributed by atoms with Crippen LogP contribution in [0.15, 0.2) is 18.3 Å². The number of rotatable bonds is 0. The molecule has 0 amide bonds. The summed E-state index contributed by atoms with van der Waals surface area (Å²) in [4.78, 5) is 0.509. The van der Waals surface area contributed by atoms with E-state index < -0.39 is 0 Å². The van der Waals surface area contributed by atoms with Crippen molar-refractivity contribution in [2.24, 2.45) is 7.05 Å². The van der Waals surface area contributed by atoms with E-state index in [9.17, 15) is 5.21 Å². The first-order valence-electron chi connectivity index (χ1n) is 3.16. The van der Waals surface area contributed by atoms with Gasteiger partial charge in [0.05, 0.1) is 5.10 Å². The number of nitrogens with zero attached hydrogens (tertiary/aromatic N) is 4. The Morgan fingerprint density at radius 2 is 2.45 bits per heavy atom. The van der Waals surface area contributed by atoms with Crippen molar-refractivity contribution in [1.29, 1.82) is 0 Å². The third-order valence-electron chi connectivity index (χ3n) is 1.55. The Kier molecular flexibility index (Phi) is 1.06. The van der Waals surface area contributed by atoms with Gasteiger partial charge in [0.15, 0.2) is 0 Å². The smallest absolute Gasteiger partial charge is 0.325 e. The molecule has 0 saturated heterocycles.